The van der Waals surface area contributed by atoms with Crippen LogP contribution in [0.2, 0.25) is 0 Å². The number of sulfonamides is 1. The molecule has 0 amide bonds. The fourth-order valence-corrected chi connectivity index (χ4v) is 3.14. The molecule has 1 aliphatic heterocycles. The maximum absolute atomic E-state index is 11.8. The molecule has 1 aromatic carbocycles. The zero-order valence-corrected chi connectivity index (χ0v) is 13.0. The lowest BCUT2D eigenvalue weighted by molar-refractivity contribution is -0.143. The summed E-state index contributed by atoms with van der Waals surface area (Å²) in [6.07, 6.45) is 5.75. The molecule has 114 valence electrons. The number of fused-ring (bicyclic) bond motifs is 1. The predicted octanol–water partition coefficient (Wildman–Crippen LogP) is 1.98. The van der Waals surface area contributed by atoms with Crippen LogP contribution < -0.4 is 4.31 Å². The molecule has 0 fully saturated rings. The number of carbonyl (C=O) groups excluding carboxylic acids is 1. The van der Waals surface area contributed by atoms with Gasteiger partial charge in [-0.25, -0.2) is 8.42 Å². The molecule has 2 rings (SSSR count). The van der Waals surface area contributed by atoms with Crippen LogP contribution in [0.1, 0.15) is 24.5 Å². The molecule has 1 heterocycles. The van der Waals surface area contributed by atoms with Crippen molar-refractivity contribution in [2.45, 2.75) is 19.8 Å². The fourth-order valence-electron chi connectivity index (χ4n) is 2.27. The minimum absolute atomic E-state index is 0.241. The third-order valence-electron chi connectivity index (χ3n) is 3.26. The van der Waals surface area contributed by atoms with E-state index in [0.717, 1.165) is 11.1 Å². The van der Waals surface area contributed by atoms with E-state index in [1.165, 1.54) is 10.6 Å². The molecule has 6 heteroatoms. The number of aryl methyl sites for hydroxylation is 1. The molecule has 0 saturated heterocycles. The van der Waals surface area contributed by atoms with E-state index in [0.29, 0.717) is 31.7 Å². The Morgan fingerprint density at radius 1 is 1.38 bits per heavy atom. The number of esters is 1. The lowest BCUT2D eigenvalue weighted by Gasteiger charge is -2.26. The highest BCUT2D eigenvalue weighted by Crippen LogP contribution is 2.29. The van der Waals surface area contributed by atoms with Gasteiger partial charge in [-0.05, 0) is 30.5 Å². The molecule has 21 heavy (non-hydrogen) atoms. The first kappa shape index (κ1) is 15.6. The largest absolute Gasteiger partial charge is 0.466 e. The quantitative estimate of drug-likeness (QED) is 0.780. The van der Waals surface area contributed by atoms with Crippen LogP contribution in [0.25, 0.3) is 6.08 Å². The van der Waals surface area contributed by atoms with Crippen LogP contribution in [0.5, 0.6) is 0 Å². The molecule has 0 radical (unpaired) electrons. The van der Waals surface area contributed by atoms with E-state index < -0.39 is 10.0 Å². The molecule has 5 nitrogen and oxygen atoms in total. The Kier molecular flexibility index (Phi) is 4.67. The predicted molar refractivity (Wildman–Crippen MR) is 82.6 cm³/mol. The van der Waals surface area contributed by atoms with Crippen molar-refractivity contribution in [3.8, 4) is 0 Å². The summed E-state index contributed by atoms with van der Waals surface area (Å²) >= 11 is 0. The fraction of sp³-hybridized carbons (Fsp3) is 0.400. The van der Waals surface area contributed by atoms with Crippen molar-refractivity contribution in [3.05, 3.63) is 35.4 Å². The Morgan fingerprint density at radius 3 is 2.81 bits per heavy atom. The lowest BCUT2D eigenvalue weighted by atomic mass is 10.0. The number of hydrogen-bond donors (Lipinski definition) is 0. The molecule has 0 saturated carbocycles. The van der Waals surface area contributed by atoms with E-state index >= 15 is 0 Å². The number of carbonyl (C=O) groups is 1. The maximum atomic E-state index is 11.8. The van der Waals surface area contributed by atoms with Gasteiger partial charge in [0.25, 0.3) is 0 Å². The Labute approximate surface area is 125 Å². The maximum Gasteiger partial charge on any atom is 0.306 e. The highest BCUT2D eigenvalue weighted by atomic mass is 32.2. The zero-order valence-electron chi connectivity index (χ0n) is 12.2. The van der Waals surface area contributed by atoms with Crippen LogP contribution in [0.3, 0.4) is 0 Å². The van der Waals surface area contributed by atoms with Gasteiger partial charge in [-0.2, -0.15) is 0 Å². The van der Waals surface area contributed by atoms with E-state index in [1.807, 2.05) is 30.4 Å². The van der Waals surface area contributed by atoms with Crippen LogP contribution in [0.15, 0.2) is 24.3 Å². The normalized spacial score (nSPS) is 13.9. The Hall–Kier alpha value is -1.82. The van der Waals surface area contributed by atoms with Gasteiger partial charge in [0.05, 0.1) is 25.1 Å². The molecular weight excluding hydrogens is 290 g/mol. The molecular formula is C15H19NO4S. The number of ether oxygens (including phenoxy) is 1. The molecule has 1 aliphatic rings. The first-order chi connectivity index (χ1) is 9.91. The zero-order chi connectivity index (χ0) is 15.5. The molecule has 0 unspecified atom stereocenters. The Morgan fingerprint density at radius 2 is 2.14 bits per heavy atom. The molecule has 1 aromatic rings. The molecule has 0 atom stereocenters. The van der Waals surface area contributed by atoms with E-state index in [-0.39, 0.29) is 5.97 Å². The third kappa shape index (κ3) is 3.85. The smallest absolute Gasteiger partial charge is 0.306 e. The molecule has 0 aliphatic carbocycles. The van der Waals surface area contributed by atoms with Crippen molar-refractivity contribution in [3.63, 3.8) is 0 Å². The monoisotopic (exact) mass is 309 g/mol. The molecule has 0 aromatic heterocycles. The summed E-state index contributed by atoms with van der Waals surface area (Å²) < 4.78 is 29.9. The van der Waals surface area contributed by atoms with Crippen molar-refractivity contribution in [1.82, 2.24) is 0 Å². The summed E-state index contributed by atoms with van der Waals surface area (Å²) in [6, 6.07) is 5.62. The second-order valence-electron chi connectivity index (χ2n) is 4.89. The van der Waals surface area contributed by atoms with Crippen molar-refractivity contribution < 1.29 is 17.9 Å². The van der Waals surface area contributed by atoms with Gasteiger partial charge in [0, 0.05) is 6.42 Å². The number of rotatable bonds is 5. The van der Waals surface area contributed by atoms with Crippen LogP contribution >= 0.6 is 0 Å². The van der Waals surface area contributed by atoms with E-state index in [2.05, 4.69) is 0 Å². The summed E-state index contributed by atoms with van der Waals surface area (Å²) in [6.45, 7) is 2.48. The van der Waals surface area contributed by atoms with Crippen LogP contribution in [-0.2, 0) is 26.0 Å². The first-order valence-corrected chi connectivity index (χ1v) is 8.69. The van der Waals surface area contributed by atoms with Gasteiger partial charge in [-0.15, -0.1) is 0 Å². The number of nitrogens with zero attached hydrogens (tertiary/aromatic N) is 1. The minimum atomic E-state index is -3.31. The van der Waals surface area contributed by atoms with Gasteiger partial charge in [0.2, 0.25) is 10.0 Å². The number of anilines is 1. The molecule has 0 bridgehead atoms. The lowest BCUT2D eigenvalue weighted by Crippen LogP contribution is -2.32. The van der Waals surface area contributed by atoms with E-state index in [9.17, 15) is 13.2 Å². The Balaban J connectivity index is 2.21. The average molecular weight is 309 g/mol. The third-order valence-corrected chi connectivity index (χ3v) is 4.40. The van der Waals surface area contributed by atoms with Crippen molar-refractivity contribution in [2.75, 3.05) is 23.7 Å². The van der Waals surface area contributed by atoms with Crippen molar-refractivity contribution >= 4 is 27.8 Å². The van der Waals surface area contributed by atoms with Crippen molar-refractivity contribution in [2.24, 2.45) is 0 Å². The molecule has 0 spiro atoms. The van der Waals surface area contributed by atoms with Gasteiger partial charge in [0.15, 0.2) is 0 Å². The van der Waals surface area contributed by atoms with Crippen LogP contribution in [0, 0.1) is 0 Å². The summed E-state index contributed by atoms with van der Waals surface area (Å²) in [4.78, 5) is 11.4. The first-order valence-electron chi connectivity index (χ1n) is 6.84. The number of benzene rings is 1. The van der Waals surface area contributed by atoms with Gasteiger partial charge in [0.1, 0.15) is 0 Å². The summed E-state index contributed by atoms with van der Waals surface area (Å²) in [5.74, 6) is -0.241. The van der Waals surface area contributed by atoms with Crippen LogP contribution in [0.4, 0.5) is 5.69 Å². The Bertz CT molecular complexity index is 664. The average Bonchev–Trinajstić information content (AvgIpc) is 2.43. The van der Waals surface area contributed by atoms with E-state index in [4.69, 9.17) is 4.74 Å². The van der Waals surface area contributed by atoms with E-state index in [1.54, 1.807) is 6.92 Å². The second kappa shape index (κ2) is 6.30. The van der Waals surface area contributed by atoms with Gasteiger partial charge in [-0.3, -0.25) is 9.10 Å². The van der Waals surface area contributed by atoms with Gasteiger partial charge < -0.3 is 4.74 Å². The summed E-state index contributed by atoms with van der Waals surface area (Å²) in [7, 11) is -3.31. The minimum Gasteiger partial charge on any atom is -0.466 e. The van der Waals surface area contributed by atoms with Crippen molar-refractivity contribution in [1.29, 1.82) is 0 Å². The number of hydrogen-bond acceptors (Lipinski definition) is 4. The van der Waals surface area contributed by atoms with Gasteiger partial charge >= 0.3 is 5.97 Å². The summed E-state index contributed by atoms with van der Waals surface area (Å²) in [5, 5.41) is 0. The van der Waals surface area contributed by atoms with Crippen LogP contribution in [-0.4, -0.2) is 33.8 Å². The standard InChI is InChI=1S/C15H19NO4S/c1-3-20-15(17)9-7-12-6-8-13-5-4-10-16(14(13)11-12)21(2,18)19/h4-6,8,11H,3,7,9-10H2,1-2H3. The van der Waals surface area contributed by atoms with Gasteiger partial charge in [-0.1, -0.05) is 24.3 Å². The molecule has 0 N–H and O–H groups in total. The second-order valence-corrected chi connectivity index (χ2v) is 6.80. The topological polar surface area (TPSA) is 63.7 Å². The summed E-state index contributed by atoms with van der Waals surface area (Å²) in [5.41, 5.74) is 2.46. The highest BCUT2D eigenvalue weighted by molar-refractivity contribution is 7.92. The highest BCUT2D eigenvalue weighted by Gasteiger charge is 2.21. The SMILES string of the molecule is CCOC(=O)CCc1ccc2c(c1)N(S(C)(=O)=O)CC=C2.